The minimum Gasteiger partial charge on any atom is -0.353 e. The predicted octanol–water partition coefficient (Wildman–Crippen LogP) is 3.21. The smallest absolute Gasteiger partial charge is 0.238 e. The molecule has 0 radical (unpaired) electrons. The van der Waals surface area contributed by atoms with Gasteiger partial charge >= 0.3 is 0 Å². The fourth-order valence-electron chi connectivity index (χ4n) is 2.43. The van der Waals surface area contributed by atoms with Gasteiger partial charge in [-0.15, -0.1) is 0 Å². The highest BCUT2D eigenvalue weighted by molar-refractivity contribution is 6.31. The fraction of sp³-hybridized carbons (Fsp3) is 0.556. The maximum atomic E-state index is 12.2. The third kappa shape index (κ3) is 7.32. The molecule has 0 aliphatic heterocycles. The maximum Gasteiger partial charge on any atom is 0.238 e. The molecule has 134 valence electrons. The summed E-state index contributed by atoms with van der Waals surface area (Å²) in [5.41, 5.74) is 1.64. The van der Waals surface area contributed by atoms with E-state index in [0.29, 0.717) is 17.3 Å². The zero-order valence-electron chi connectivity index (χ0n) is 15.0. The van der Waals surface area contributed by atoms with Gasteiger partial charge in [0.05, 0.1) is 13.1 Å². The lowest BCUT2D eigenvalue weighted by molar-refractivity contribution is -0.123. The number of carbonyl (C=O) groups is 2. The average molecular weight is 354 g/mol. The summed E-state index contributed by atoms with van der Waals surface area (Å²) in [5, 5.41) is 6.39. The van der Waals surface area contributed by atoms with Gasteiger partial charge < -0.3 is 10.6 Å². The van der Waals surface area contributed by atoms with Crippen LogP contribution in [0, 0.1) is 6.92 Å². The van der Waals surface area contributed by atoms with Crippen LogP contribution in [0.4, 0.5) is 5.69 Å². The first kappa shape index (κ1) is 20.5. The summed E-state index contributed by atoms with van der Waals surface area (Å²) in [6, 6.07) is 5.53. The monoisotopic (exact) mass is 353 g/mol. The van der Waals surface area contributed by atoms with Crippen LogP contribution in [0.25, 0.3) is 0 Å². The number of benzene rings is 1. The van der Waals surface area contributed by atoms with Crippen LogP contribution in [0.2, 0.25) is 5.02 Å². The van der Waals surface area contributed by atoms with Gasteiger partial charge in [-0.1, -0.05) is 37.9 Å². The Morgan fingerprint density at radius 3 is 2.50 bits per heavy atom. The lowest BCUT2D eigenvalue weighted by Crippen LogP contribution is -2.43. The van der Waals surface area contributed by atoms with E-state index in [4.69, 9.17) is 11.6 Å². The normalized spacial score (nSPS) is 12.1. The summed E-state index contributed by atoms with van der Waals surface area (Å²) in [4.78, 5) is 26.1. The minimum absolute atomic E-state index is 0.0514. The van der Waals surface area contributed by atoms with Crippen molar-refractivity contribution in [1.82, 2.24) is 10.2 Å². The molecule has 0 unspecified atom stereocenters. The van der Waals surface area contributed by atoms with Gasteiger partial charge in [0.2, 0.25) is 11.8 Å². The average Bonchev–Trinajstić information content (AvgIpc) is 2.50. The van der Waals surface area contributed by atoms with Crippen LogP contribution in [-0.2, 0) is 9.59 Å². The molecule has 0 aliphatic rings. The number of anilines is 1. The van der Waals surface area contributed by atoms with Gasteiger partial charge in [0.25, 0.3) is 0 Å². The predicted molar refractivity (Wildman–Crippen MR) is 99.4 cm³/mol. The minimum atomic E-state index is -0.156. The molecule has 0 bridgehead atoms. The SMILES string of the molecule is CCC[C@H](C)NC(=O)CN(CC)CC(=O)Nc1cc(Cl)ccc1C. The van der Waals surface area contributed by atoms with E-state index in [1.807, 2.05) is 31.7 Å². The van der Waals surface area contributed by atoms with Gasteiger partial charge in [0, 0.05) is 16.8 Å². The second-order valence-electron chi connectivity index (χ2n) is 6.07. The Kier molecular flexibility index (Phi) is 8.79. The number of halogens is 1. The topological polar surface area (TPSA) is 61.4 Å². The van der Waals surface area contributed by atoms with Crippen molar-refractivity contribution < 1.29 is 9.59 Å². The number of carbonyl (C=O) groups excluding carboxylic acids is 2. The molecule has 0 aromatic heterocycles. The largest absolute Gasteiger partial charge is 0.353 e. The third-order valence-electron chi connectivity index (χ3n) is 3.78. The summed E-state index contributed by atoms with van der Waals surface area (Å²) in [7, 11) is 0. The second kappa shape index (κ2) is 10.3. The number of likely N-dealkylation sites (N-methyl/N-ethyl adjacent to an activating group) is 1. The molecule has 0 heterocycles. The molecule has 2 N–H and O–H groups in total. The Morgan fingerprint density at radius 1 is 1.21 bits per heavy atom. The summed E-state index contributed by atoms with van der Waals surface area (Å²) in [5.74, 6) is -0.207. The van der Waals surface area contributed by atoms with Crippen molar-refractivity contribution in [3.05, 3.63) is 28.8 Å². The number of rotatable bonds is 9. The first-order chi connectivity index (χ1) is 11.3. The Bertz CT molecular complexity index is 563. The van der Waals surface area contributed by atoms with E-state index in [1.54, 1.807) is 12.1 Å². The molecule has 0 aliphatic carbocycles. The molecular weight excluding hydrogens is 326 g/mol. The number of aryl methyl sites for hydroxylation is 1. The molecule has 1 aromatic carbocycles. The van der Waals surface area contributed by atoms with E-state index in [2.05, 4.69) is 17.6 Å². The molecule has 0 saturated carbocycles. The van der Waals surface area contributed by atoms with Crippen molar-refractivity contribution in [2.45, 2.75) is 46.6 Å². The molecule has 0 spiro atoms. The van der Waals surface area contributed by atoms with Gasteiger partial charge in [0.1, 0.15) is 0 Å². The Hall–Kier alpha value is -1.59. The number of hydrogen-bond acceptors (Lipinski definition) is 3. The first-order valence-electron chi connectivity index (χ1n) is 8.43. The molecule has 2 amide bonds. The molecule has 24 heavy (non-hydrogen) atoms. The summed E-state index contributed by atoms with van der Waals surface area (Å²) >= 11 is 5.96. The van der Waals surface area contributed by atoms with Crippen molar-refractivity contribution in [2.75, 3.05) is 25.0 Å². The first-order valence-corrected chi connectivity index (χ1v) is 8.81. The Morgan fingerprint density at radius 2 is 1.88 bits per heavy atom. The van der Waals surface area contributed by atoms with E-state index in [0.717, 1.165) is 18.4 Å². The van der Waals surface area contributed by atoms with Crippen LogP contribution in [0.1, 0.15) is 39.2 Å². The molecule has 1 aromatic rings. The molecule has 1 rings (SSSR count). The molecule has 5 nitrogen and oxygen atoms in total. The van der Waals surface area contributed by atoms with E-state index < -0.39 is 0 Å². The van der Waals surface area contributed by atoms with Gasteiger partial charge in [-0.25, -0.2) is 0 Å². The summed E-state index contributed by atoms with van der Waals surface area (Å²) in [6.07, 6.45) is 1.98. The van der Waals surface area contributed by atoms with Crippen LogP contribution in [0.3, 0.4) is 0 Å². The molecule has 0 fully saturated rings. The maximum absolute atomic E-state index is 12.2. The number of amides is 2. The van der Waals surface area contributed by atoms with Gasteiger partial charge in [-0.2, -0.15) is 0 Å². The van der Waals surface area contributed by atoms with E-state index in [-0.39, 0.29) is 30.9 Å². The van der Waals surface area contributed by atoms with Gasteiger partial charge in [-0.3, -0.25) is 14.5 Å². The van der Waals surface area contributed by atoms with E-state index >= 15 is 0 Å². The lowest BCUT2D eigenvalue weighted by Gasteiger charge is -2.21. The number of hydrogen-bond donors (Lipinski definition) is 2. The lowest BCUT2D eigenvalue weighted by atomic mass is 10.2. The van der Waals surface area contributed by atoms with Crippen LogP contribution in [-0.4, -0.2) is 42.4 Å². The van der Waals surface area contributed by atoms with E-state index in [1.165, 1.54) is 0 Å². The highest BCUT2D eigenvalue weighted by Gasteiger charge is 2.15. The highest BCUT2D eigenvalue weighted by atomic mass is 35.5. The molecule has 6 heteroatoms. The van der Waals surface area contributed by atoms with Crippen LogP contribution >= 0.6 is 11.6 Å². The van der Waals surface area contributed by atoms with Crippen LogP contribution in [0.5, 0.6) is 0 Å². The third-order valence-corrected chi connectivity index (χ3v) is 4.02. The number of nitrogens with zero attached hydrogens (tertiary/aromatic N) is 1. The molecular formula is C18H28ClN3O2. The van der Waals surface area contributed by atoms with Crippen molar-refractivity contribution in [3.63, 3.8) is 0 Å². The molecule has 1 atom stereocenters. The highest BCUT2D eigenvalue weighted by Crippen LogP contribution is 2.20. The van der Waals surface area contributed by atoms with E-state index in [9.17, 15) is 9.59 Å². The second-order valence-corrected chi connectivity index (χ2v) is 6.50. The van der Waals surface area contributed by atoms with Gasteiger partial charge in [0.15, 0.2) is 0 Å². The fourth-order valence-corrected chi connectivity index (χ4v) is 2.60. The Labute approximate surface area is 149 Å². The number of nitrogens with one attached hydrogen (secondary N) is 2. The standard InChI is InChI=1S/C18H28ClN3O2/c1-5-7-14(4)20-17(23)11-22(6-2)12-18(24)21-16-10-15(19)9-8-13(16)3/h8-10,14H,5-7,11-12H2,1-4H3,(H,20,23)(H,21,24)/t14-/m0/s1. The van der Waals surface area contributed by atoms with Crippen molar-refractivity contribution in [2.24, 2.45) is 0 Å². The van der Waals surface area contributed by atoms with Crippen LogP contribution in [0.15, 0.2) is 18.2 Å². The van der Waals surface area contributed by atoms with Crippen molar-refractivity contribution in [1.29, 1.82) is 0 Å². The van der Waals surface area contributed by atoms with Crippen molar-refractivity contribution in [3.8, 4) is 0 Å². The summed E-state index contributed by atoms with van der Waals surface area (Å²) in [6.45, 7) is 8.92. The van der Waals surface area contributed by atoms with Crippen LogP contribution < -0.4 is 10.6 Å². The zero-order valence-corrected chi connectivity index (χ0v) is 15.7. The van der Waals surface area contributed by atoms with Crippen molar-refractivity contribution >= 4 is 29.1 Å². The quantitative estimate of drug-likeness (QED) is 0.716. The zero-order chi connectivity index (χ0) is 18.1. The molecule has 0 saturated heterocycles. The Balaban J connectivity index is 2.53. The van der Waals surface area contributed by atoms with Gasteiger partial charge in [-0.05, 0) is 44.5 Å². The summed E-state index contributed by atoms with van der Waals surface area (Å²) < 4.78 is 0.